The molecule has 1 amide bonds. The number of nitrogens with one attached hydrogen (secondary N) is 1. The number of halogens is 3. The van der Waals surface area contributed by atoms with E-state index in [1.165, 1.54) is 48.5 Å². The lowest BCUT2D eigenvalue weighted by atomic mass is 10.3. The normalized spacial score (nSPS) is 10.4. The third kappa shape index (κ3) is 5.01. The second-order valence-electron chi connectivity index (χ2n) is 4.19. The van der Waals surface area contributed by atoms with Gasteiger partial charge in [-0.1, -0.05) is 0 Å². The summed E-state index contributed by atoms with van der Waals surface area (Å²) in [6, 6.07) is 10.7. The van der Waals surface area contributed by atoms with Crippen molar-refractivity contribution in [2.75, 3.05) is 11.9 Å². The zero-order chi connectivity index (χ0) is 15.9. The first-order chi connectivity index (χ1) is 10.5. The van der Waals surface area contributed by atoms with Crippen molar-refractivity contribution in [1.29, 1.82) is 0 Å². The Morgan fingerprint density at radius 3 is 2.18 bits per heavy atom. The molecule has 2 aromatic carbocycles. The summed E-state index contributed by atoms with van der Waals surface area (Å²) in [5.74, 6) is -0.484. The Kier molecular flexibility index (Phi) is 5.24. The number of carbonyl (C=O) groups excluding carboxylic acids is 1. The second kappa shape index (κ2) is 7.35. The third-order valence-corrected chi connectivity index (χ3v) is 2.55. The van der Waals surface area contributed by atoms with Gasteiger partial charge in [-0.15, -0.1) is 0 Å². The average Bonchev–Trinajstić information content (AvgIpc) is 2.48. The van der Waals surface area contributed by atoms with Crippen LogP contribution in [0.25, 0.3) is 0 Å². The lowest BCUT2D eigenvalue weighted by Gasteiger charge is -2.08. The van der Waals surface area contributed by atoms with Crippen LogP contribution in [0.1, 0.15) is 0 Å². The van der Waals surface area contributed by atoms with Crippen molar-refractivity contribution in [1.82, 2.24) is 0 Å². The SMILES string of the molecule is O=C(COc1ccc(F)cc1)Nc1ccc(OC(F)F)cc1. The predicted molar refractivity (Wildman–Crippen MR) is 73.6 cm³/mol. The van der Waals surface area contributed by atoms with Crippen molar-refractivity contribution in [3.63, 3.8) is 0 Å². The van der Waals surface area contributed by atoms with E-state index in [4.69, 9.17) is 4.74 Å². The molecule has 4 nitrogen and oxygen atoms in total. The van der Waals surface area contributed by atoms with Gasteiger partial charge in [-0.25, -0.2) is 4.39 Å². The van der Waals surface area contributed by atoms with Crippen LogP contribution in [-0.4, -0.2) is 19.1 Å². The highest BCUT2D eigenvalue weighted by molar-refractivity contribution is 5.91. The molecule has 0 saturated carbocycles. The number of amides is 1. The summed E-state index contributed by atoms with van der Waals surface area (Å²) in [6.07, 6.45) is 0. The van der Waals surface area contributed by atoms with E-state index < -0.39 is 18.3 Å². The summed E-state index contributed by atoms with van der Waals surface area (Å²) in [6.45, 7) is -3.16. The first kappa shape index (κ1) is 15.7. The van der Waals surface area contributed by atoms with Crippen LogP contribution in [0, 0.1) is 5.82 Å². The topological polar surface area (TPSA) is 47.6 Å². The van der Waals surface area contributed by atoms with Gasteiger partial charge in [-0.05, 0) is 48.5 Å². The van der Waals surface area contributed by atoms with E-state index in [1.807, 2.05) is 0 Å². The van der Waals surface area contributed by atoms with Gasteiger partial charge < -0.3 is 14.8 Å². The summed E-state index contributed by atoms with van der Waals surface area (Å²) in [4.78, 5) is 11.7. The van der Waals surface area contributed by atoms with Gasteiger partial charge in [0.15, 0.2) is 6.61 Å². The minimum Gasteiger partial charge on any atom is -0.484 e. The van der Waals surface area contributed by atoms with E-state index in [-0.39, 0.29) is 12.4 Å². The molecule has 0 aliphatic carbocycles. The molecule has 0 spiro atoms. The molecule has 0 bridgehead atoms. The molecule has 7 heteroatoms. The van der Waals surface area contributed by atoms with Crippen molar-refractivity contribution >= 4 is 11.6 Å². The van der Waals surface area contributed by atoms with Crippen LogP contribution in [0.4, 0.5) is 18.9 Å². The molecule has 0 aliphatic rings. The average molecular weight is 311 g/mol. The quantitative estimate of drug-likeness (QED) is 0.889. The fourth-order valence-corrected chi connectivity index (χ4v) is 1.60. The Balaban J connectivity index is 1.82. The molecule has 116 valence electrons. The van der Waals surface area contributed by atoms with Gasteiger partial charge in [0.05, 0.1) is 0 Å². The minimum absolute atomic E-state index is 0.00411. The number of carbonyl (C=O) groups is 1. The highest BCUT2D eigenvalue weighted by Crippen LogP contribution is 2.17. The predicted octanol–water partition coefficient (Wildman–Crippen LogP) is 3.44. The molecule has 0 radical (unpaired) electrons. The maximum Gasteiger partial charge on any atom is 0.387 e. The van der Waals surface area contributed by atoms with Crippen LogP contribution in [-0.2, 0) is 4.79 Å². The van der Waals surface area contributed by atoms with E-state index in [9.17, 15) is 18.0 Å². The number of ether oxygens (including phenoxy) is 2. The number of rotatable bonds is 6. The number of benzene rings is 2. The molecule has 0 aliphatic heterocycles. The third-order valence-electron chi connectivity index (χ3n) is 2.55. The van der Waals surface area contributed by atoms with Crippen molar-refractivity contribution < 1.29 is 27.4 Å². The van der Waals surface area contributed by atoms with Crippen LogP contribution in [0.5, 0.6) is 11.5 Å². The molecule has 0 fully saturated rings. The van der Waals surface area contributed by atoms with Gasteiger partial charge in [0, 0.05) is 5.69 Å². The number of alkyl halides is 2. The zero-order valence-corrected chi connectivity index (χ0v) is 11.3. The molecule has 22 heavy (non-hydrogen) atoms. The first-order valence-electron chi connectivity index (χ1n) is 6.26. The number of anilines is 1. The molecular weight excluding hydrogens is 299 g/mol. The number of hydrogen-bond donors (Lipinski definition) is 1. The Morgan fingerprint density at radius 1 is 1.00 bits per heavy atom. The van der Waals surface area contributed by atoms with Crippen molar-refractivity contribution in [2.24, 2.45) is 0 Å². The highest BCUT2D eigenvalue weighted by Gasteiger charge is 2.06. The van der Waals surface area contributed by atoms with Crippen LogP contribution < -0.4 is 14.8 Å². The van der Waals surface area contributed by atoms with Gasteiger partial charge in [-0.2, -0.15) is 8.78 Å². The molecular formula is C15H12F3NO3. The molecule has 0 saturated heterocycles. The summed E-state index contributed by atoms with van der Waals surface area (Å²) in [5.41, 5.74) is 0.411. The van der Waals surface area contributed by atoms with E-state index in [0.717, 1.165) is 0 Å². The lowest BCUT2D eigenvalue weighted by Crippen LogP contribution is -2.20. The summed E-state index contributed by atoms with van der Waals surface area (Å²) >= 11 is 0. The summed E-state index contributed by atoms with van der Waals surface area (Å²) < 4.78 is 46.0. The molecule has 0 atom stereocenters. The monoisotopic (exact) mass is 311 g/mol. The summed E-state index contributed by atoms with van der Waals surface area (Å²) in [7, 11) is 0. The minimum atomic E-state index is -2.90. The van der Waals surface area contributed by atoms with E-state index in [2.05, 4.69) is 10.1 Å². The standard InChI is InChI=1S/C15H12F3NO3/c16-10-1-5-12(6-2-10)21-9-14(20)19-11-3-7-13(8-4-11)22-15(17)18/h1-8,15H,9H2,(H,19,20). The number of hydrogen-bond acceptors (Lipinski definition) is 3. The van der Waals surface area contributed by atoms with E-state index in [1.54, 1.807) is 0 Å². The molecule has 0 aromatic heterocycles. The van der Waals surface area contributed by atoms with E-state index >= 15 is 0 Å². The van der Waals surface area contributed by atoms with Crippen molar-refractivity contribution in [3.05, 3.63) is 54.3 Å². The maximum absolute atomic E-state index is 12.7. The Labute approximate surface area is 124 Å². The second-order valence-corrected chi connectivity index (χ2v) is 4.19. The lowest BCUT2D eigenvalue weighted by molar-refractivity contribution is -0.118. The Bertz CT molecular complexity index is 615. The molecule has 0 unspecified atom stereocenters. The smallest absolute Gasteiger partial charge is 0.387 e. The van der Waals surface area contributed by atoms with E-state index in [0.29, 0.717) is 11.4 Å². The van der Waals surface area contributed by atoms with Crippen LogP contribution >= 0.6 is 0 Å². The molecule has 1 N–H and O–H groups in total. The molecule has 0 heterocycles. The highest BCUT2D eigenvalue weighted by atomic mass is 19.3. The van der Waals surface area contributed by atoms with Crippen LogP contribution in [0.3, 0.4) is 0 Å². The van der Waals surface area contributed by atoms with Crippen molar-refractivity contribution in [2.45, 2.75) is 6.61 Å². The summed E-state index contributed by atoms with van der Waals surface area (Å²) in [5, 5.41) is 2.52. The first-order valence-corrected chi connectivity index (χ1v) is 6.26. The Morgan fingerprint density at radius 2 is 1.59 bits per heavy atom. The Hall–Kier alpha value is -2.70. The van der Waals surface area contributed by atoms with Gasteiger partial charge in [0.25, 0.3) is 5.91 Å². The fraction of sp³-hybridized carbons (Fsp3) is 0.133. The molecule has 2 rings (SSSR count). The van der Waals surface area contributed by atoms with Crippen LogP contribution in [0.2, 0.25) is 0 Å². The maximum atomic E-state index is 12.7. The largest absolute Gasteiger partial charge is 0.484 e. The van der Waals surface area contributed by atoms with Gasteiger partial charge in [0.2, 0.25) is 0 Å². The van der Waals surface area contributed by atoms with Gasteiger partial charge in [-0.3, -0.25) is 4.79 Å². The fourth-order valence-electron chi connectivity index (χ4n) is 1.60. The molecule has 2 aromatic rings. The van der Waals surface area contributed by atoms with Gasteiger partial charge in [0.1, 0.15) is 17.3 Å². The van der Waals surface area contributed by atoms with Crippen LogP contribution in [0.15, 0.2) is 48.5 Å². The zero-order valence-electron chi connectivity index (χ0n) is 11.3. The van der Waals surface area contributed by atoms with Crippen molar-refractivity contribution in [3.8, 4) is 11.5 Å². The van der Waals surface area contributed by atoms with Gasteiger partial charge >= 0.3 is 6.61 Å².